The smallest absolute Gasteiger partial charge is 0.258 e. The van der Waals surface area contributed by atoms with E-state index in [0.717, 1.165) is 9.54 Å². The number of aromatic nitrogens is 2. The molecule has 23 heavy (non-hydrogen) atoms. The van der Waals surface area contributed by atoms with Gasteiger partial charge in [0.1, 0.15) is 5.82 Å². The van der Waals surface area contributed by atoms with E-state index in [4.69, 9.17) is 0 Å². The second-order valence-corrected chi connectivity index (χ2v) is 6.96. The number of nitro benzene ring substituents is 1. The lowest BCUT2D eigenvalue weighted by molar-refractivity contribution is -0.384. The van der Waals surface area contributed by atoms with Gasteiger partial charge in [0.25, 0.3) is 15.7 Å². The van der Waals surface area contributed by atoms with Crippen molar-refractivity contribution in [2.24, 2.45) is 0 Å². The highest BCUT2D eigenvalue weighted by Crippen LogP contribution is 2.26. The highest BCUT2D eigenvalue weighted by Gasteiger charge is 2.23. The molecule has 1 aromatic heterocycles. The summed E-state index contributed by atoms with van der Waals surface area (Å²) >= 11 is 0. The molecule has 8 heteroatoms. The molecule has 0 atom stereocenters. The number of fused-ring (bicyclic) bond motifs is 1. The standard InChI is InChI=1S/C15H13N3O4S/c1-10-3-6-13(7-4-10)23(21,22)17-11(2)16-14-8-5-12(18(19)20)9-15(14)17/h3-9H,1-2H3. The molecular formula is C15H13N3O4S. The van der Waals surface area contributed by atoms with E-state index in [-0.39, 0.29) is 21.9 Å². The van der Waals surface area contributed by atoms with Crippen molar-refractivity contribution in [1.29, 1.82) is 0 Å². The minimum Gasteiger partial charge on any atom is -0.258 e. The molecule has 2 aromatic carbocycles. The van der Waals surface area contributed by atoms with E-state index >= 15 is 0 Å². The Kier molecular flexibility index (Phi) is 3.41. The Morgan fingerprint density at radius 2 is 1.74 bits per heavy atom. The van der Waals surface area contributed by atoms with Crippen LogP contribution in [-0.2, 0) is 10.0 Å². The van der Waals surface area contributed by atoms with Crippen LogP contribution in [0.3, 0.4) is 0 Å². The molecule has 0 fully saturated rings. The normalized spacial score (nSPS) is 11.7. The van der Waals surface area contributed by atoms with Crippen LogP contribution >= 0.6 is 0 Å². The van der Waals surface area contributed by atoms with Gasteiger partial charge in [0.2, 0.25) is 0 Å². The van der Waals surface area contributed by atoms with E-state index in [0.29, 0.717) is 5.52 Å². The largest absolute Gasteiger partial charge is 0.271 e. The number of rotatable bonds is 3. The van der Waals surface area contributed by atoms with Crippen LogP contribution in [0, 0.1) is 24.0 Å². The zero-order valence-corrected chi connectivity index (χ0v) is 13.2. The van der Waals surface area contributed by atoms with Gasteiger partial charge in [0.05, 0.1) is 20.9 Å². The fourth-order valence-corrected chi connectivity index (χ4v) is 3.88. The third-order valence-electron chi connectivity index (χ3n) is 3.52. The maximum Gasteiger partial charge on any atom is 0.271 e. The van der Waals surface area contributed by atoms with Crippen molar-refractivity contribution in [1.82, 2.24) is 8.96 Å². The molecule has 0 amide bonds. The molecule has 0 saturated heterocycles. The van der Waals surface area contributed by atoms with E-state index in [1.807, 2.05) is 6.92 Å². The molecule has 1 heterocycles. The first kappa shape index (κ1) is 15.2. The molecule has 3 aromatic rings. The quantitative estimate of drug-likeness (QED) is 0.543. The molecule has 0 aliphatic heterocycles. The summed E-state index contributed by atoms with van der Waals surface area (Å²) in [6.45, 7) is 3.41. The van der Waals surface area contributed by atoms with Crippen LogP contribution in [-0.4, -0.2) is 22.3 Å². The molecule has 0 radical (unpaired) electrons. The van der Waals surface area contributed by atoms with Crippen LogP contribution in [0.15, 0.2) is 47.4 Å². The number of benzene rings is 2. The predicted octanol–water partition coefficient (Wildman–Crippen LogP) is 2.80. The Labute approximate surface area is 132 Å². The Bertz CT molecular complexity index is 1020. The van der Waals surface area contributed by atoms with Crippen molar-refractivity contribution in [3.05, 3.63) is 64.0 Å². The van der Waals surface area contributed by atoms with Gasteiger partial charge >= 0.3 is 0 Å². The Morgan fingerprint density at radius 1 is 1.09 bits per heavy atom. The van der Waals surface area contributed by atoms with Gasteiger partial charge in [-0.3, -0.25) is 10.1 Å². The Hall–Kier alpha value is -2.74. The van der Waals surface area contributed by atoms with E-state index in [9.17, 15) is 18.5 Å². The van der Waals surface area contributed by atoms with Gasteiger partial charge in [-0.1, -0.05) is 17.7 Å². The highest BCUT2D eigenvalue weighted by molar-refractivity contribution is 7.90. The lowest BCUT2D eigenvalue weighted by Crippen LogP contribution is -2.14. The highest BCUT2D eigenvalue weighted by atomic mass is 32.2. The number of nitrogens with zero attached hydrogens (tertiary/aromatic N) is 3. The Balaban J connectivity index is 2.29. The van der Waals surface area contributed by atoms with Gasteiger partial charge in [0, 0.05) is 12.1 Å². The summed E-state index contributed by atoms with van der Waals surface area (Å²) in [4.78, 5) is 14.7. The van der Waals surface area contributed by atoms with Gasteiger partial charge in [-0.05, 0) is 32.0 Å². The lowest BCUT2D eigenvalue weighted by Gasteiger charge is -2.09. The van der Waals surface area contributed by atoms with Crippen LogP contribution in [0.2, 0.25) is 0 Å². The minimum atomic E-state index is -3.88. The molecule has 0 aliphatic rings. The van der Waals surface area contributed by atoms with E-state index in [1.54, 1.807) is 19.1 Å². The average molecular weight is 331 g/mol. The van der Waals surface area contributed by atoms with Crippen LogP contribution < -0.4 is 0 Å². The van der Waals surface area contributed by atoms with Crippen LogP contribution in [0.4, 0.5) is 5.69 Å². The van der Waals surface area contributed by atoms with Crippen molar-refractivity contribution in [3.8, 4) is 0 Å². The fourth-order valence-electron chi connectivity index (χ4n) is 2.40. The number of nitro groups is 1. The predicted molar refractivity (Wildman–Crippen MR) is 84.9 cm³/mol. The van der Waals surface area contributed by atoms with Gasteiger partial charge in [-0.15, -0.1) is 0 Å². The van der Waals surface area contributed by atoms with Gasteiger partial charge in [-0.25, -0.2) is 17.4 Å². The van der Waals surface area contributed by atoms with E-state index < -0.39 is 14.9 Å². The van der Waals surface area contributed by atoms with E-state index in [1.165, 1.54) is 30.3 Å². The molecule has 118 valence electrons. The lowest BCUT2D eigenvalue weighted by atomic mass is 10.2. The first-order valence-electron chi connectivity index (χ1n) is 6.76. The summed E-state index contributed by atoms with van der Waals surface area (Å²) in [6.07, 6.45) is 0. The molecule has 0 unspecified atom stereocenters. The third kappa shape index (κ3) is 2.46. The first-order valence-corrected chi connectivity index (χ1v) is 8.20. The molecule has 0 spiro atoms. The zero-order valence-electron chi connectivity index (χ0n) is 12.4. The second-order valence-electron chi connectivity index (χ2n) is 5.17. The summed E-state index contributed by atoms with van der Waals surface area (Å²) < 4.78 is 26.8. The number of imidazole rings is 1. The molecule has 0 N–H and O–H groups in total. The summed E-state index contributed by atoms with van der Waals surface area (Å²) in [7, 11) is -3.88. The molecular weight excluding hydrogens is 318 g/mol. The van der Waals surface area contributed by atoms with Crippen molar-refractivity contribution in [2.75, 3.05) is 0 Å². The molecule has 0 saturated carbocycles. The summed E-state index contributed by atoms with van der Waals surface area (Å²) in [5.41, 5.74) is 1.34. The maximum absolute atomic E-state index is 12.9. The number of hydrogen-bond acceptors (Lipinski definition) is 5. The molecule has 0 bridgehead atoms. The van der Waals surface area contributed by atoms with Crippen LogP contribution in [0.5, 0.6) is 0 Å². The van der Waals surface area contributed by atoms with Gasteiger partial charge in [-0.2, -0.15) is 0 Å². The third-order valence-corrected chi connectivity index (χ3v) is 5.33. The second kappa shape index (κ2) is 5.17. The zero-order chi connectivity index (χ0) is 16.8. The number of hydrogen-bond donors (Lipinski definition) is 0. The van der Waals surface area contributed by atoms with Gasteiger partial charge < -0.3 is 0 Å². The summed E-state index contributed by atoms with van der Waals surface area (Å²) in [5.74, 6) is 0.251. The first-order chi connectivity index (χ1) is 10.8. The van der Waals surface area contributed by atoms with Gasteiger partial charge in [0.15, 0.2) is 0 Å². The van der Waals surface area contributed by atoms with Crippen molar-refractivity contribution < 1.29 is 13.3 Å². The Morgan fingerprint density at radius 3 is 2.35 bits per heavy atom. The SMILES string of the molecule is Cc1ccc(S(=O)(=O)n2c(C)nc3ccc([N+](=O)[O-])cc32)cc1. The van der Waals surface area contributed by atoms with Crippen molar-refractivity contribution in [3.63, 3.8) is 0 Å². The van der Waals surface area contributed by atoms with Crippen LogP contribution in [0.25, 0.3) is 11.0 Å². The number of non-ortho nitro benzene ring substituents is 1. The topological polar surface area (TPSA) is 95.1 Å². The number of aryl methyl sites for hydroxylation is 2. The summed E-state index contributed by atoms with van der Waals surface area (Å²) in [6, 6.07) is 10.4. The average Bonchev–Trinajstić information content (AvgIpc) is 2.83. The molecule has 7 nitrogen and oxygen atoms in total. The maximum atomic E-state index is 12.9. The molecule has 0 aliphatic carbocycles. The summed E-state index contributed by atoms with van der Waals surface area (Å²) in [5, 5.41) is 10.9. The van der Waals surface area contributed by atoms with E-state index in [2.05, 4.69) is 4.98 Å². The van der Waals surface area contributed by atoms with Crippen LogP contribution in [0.1, 0.15) is 11.4 Å². The van der Waals surface area contributed by atoms with Crippen molar-refractivity contribution in [2.45, 2.75) is 18.7 Å². The fraction of sp³-hybridized carbons (Fsp3) is 0.133. The monoisotopic (exact) mass is 331 g/mol. The molecule has 3 rings (SSSR count). The van der Waals surface area contributed by atoms with Crippen molar-refractivity contribution >= 4 is 26.7 Å². The minimum absolute atomic E-state index is 0.108.